The summed E-state index contributed by atoms with van der Waals surface area (Å²) in [6.07, 6.45) is 0. The first-order chi connectivity index (χ1) is 11.9. The fourth-order valence-electron chi connectivity index (χ4n) is 3.13. The van der Waals surface area contributed by atoms with Gasteiger partial charge in [-0.25, -0.2) is 0 Å². The van der Waals surface area contributed by atoms with E-state index >= 15 is 0 Å². The Bertz CT molecular complexity index is 725. The Morgan fingerprint density at radius 3 is 2.40 bits per heavy atom. The van der Waals surface area contributed by atoms with Gasteiger partial charge in [-0.3, -0.25) is 4.68 Å². The summed E-state index contributed by atoms with van der Waals surface area (Å²) in [5.74, 6) is 1.48. The van der Waals surface area contributed by atoms with Gasteiger partial charge < -0.3 is 19.9 Å². The molecule has 0 aliphatic rings. The predicted octanol–water partition coefficient (Wildman–Crippen LogP) is 2.67. The van der Waals surface area contributed by atoms with Crippen molar-refractivity contribution in [3.63, 3.8) is 0 Å². The van der Waals surface area contributed by atoms with Crippen LogP contribution >= 0.6 is 0 Å². The monoisotopic (exact) mass is 347 g/mol. The van der Waals surface area contributed by atoms with Crippen LogP contribution in [0.25, 0.3) is 0 Å². The minimum absolute atomic E-state index is 0.0933. The highest BCUT2D eigenvalue weighted by Crippen LogP contribution is 2.33. The number of aliphatic hydroxyl groups is 1. The van der Waals surface area contributed by atoms with E-state index in [-0.39, 0.29) is 12.6 Å². The molecule has 2 N–H and O–H groups in total. The van der Waals surface area contributed by atoms with Crippen LogP contribution in [-0.2, 0) is 13.1 Å². The zero-order chi connectivity index (χ0) is 18.6. The Labute approximate surface area is 149 Å². The number of nitrogens with zero attached hydrogens (tertiary/aromatic N) is 2. The molecular formula is C19H29N3O3. The molecule has 6 nitrogen and oxygen atoms in total. The maximum Gasteiger partial charge on any atom is 0.161 e. The lowest BCUT2D eigenvalue weighted by atomic mass is 10.0. The summed E-state index contributed by atoms with van der Waals surface area (Å²) in [6, 6.07) is 4.18. The van der Waals surface area contributed by atoms with Crippen LogP contribution in [0.2, 0.25) is 0 Å². The molecule has 0 fully saturated rings. The van der Waals surface area contributed by atoms with Crippen LogP contribution in [-0.4, -0.2) is 35.7 Å². The van der Waals surface area contributed by atoms with Crippen molar-refractivity contribution in [2.45, 2.75) is 46.8 Å². The number of aryl methyl sites for hydroxylation is 2. The standard InChI is InChI=1S/C19H29N3O3/c1-12-9-18(24-5)19(25-6)10-16(12)13(2)20-11-17-14(3)21-22(7-8-23)15(17)4/h9-10,13,20,23H,7-8,11H2,1-6H3. The van der Waals surface area contributed by atoms with E-state index in [1.807, 2.05) is 30.7 Å². The molecule has 0 bridgehead atoms. The molecule has 1 atom stereocenters. The van der Waals surface area contributed by atoms with Crippen molar-refractivity contribution in [2.75, 3.05) is 20.8 Å². The van der Waals surface area contributed by atoms with Crippen molar-refractivity contribution < 1.29 is 14.6 Å². The van der Waals surface area contributed by atoms with Gasteiger partial charge in [-0.05, 0) is 51.0 Å². The molecule has 1 aromatic heterocycles. The van der Waals surface area contributed by atoms with Crippen molar-refractivity contribution in [3.8, 4) is 11.5 Å². The fraction of sp³-hybridized carbons (Fsp3) is 0.526. The molecule has 138 valence electrons. The number of methoxy groups -OCH3 is 2. The van der Waals surface area contributed by atoms with Gasteiger partial charge in [0.2, 0.25) is 0 Å². The second-order valence-electron chi connectivity index (χ2n) is 6.26. The highest BCUT2D eigenvalue weighted by Gasteiger charge is 2.16. The molecule has 2 aromatic rings. The largest absolute Gasteiger partial charge is 0.493 e. The molecule has 1 aromatic carbocycles. The molecule has 0 radical (unpaired) electrons. The summed E-state index contributed by atoms with van der Waals surface area (Å²) in [5, 5.41) is 17.2. The van der Waals surface area contributed by atoms with Crippen molar-refractivity contribution >= 4 is 0 Å². The third kappa shape index (κ3) is 4.14. The average molecular weight is 347 g/mol. The number of rotatable bonds is 8. The Morgan fingerprint density at radius 2 is 1.80 bits per heavy atom. The quantitative estimate of drug-likeness (QED) is 0.768. The summed E-state index contributed by atoms with van der Waals surface area (Å²) in [4.78, 5) is 0. The van der Waals surface area contributed by atoms with Crippen LogP contribution < -0.4 is 14.8 Å². The first-order valence-electron chi connectivity index (χ1n) is 8.52. The van der Waals surface area contributed by atoms with Gasteiger partial charge in [0.1, 0.15) is 0 Å². The van der Waals surface area contributed by atoms with Crippen molar-refractivity contribution in [3.05, 3.63) is 40.2 Å². The van der Waals surface area contributed by atoms with Gasteiger partial charge in [0, 0.05) is 23.8 Å². The predicted molar refractivity (Wildman–Crippen MR) is 98.3 cm³/mol. The normalized spacial score (nSPS) is 12.3. The molecule has 25 heavy (non-hydrogen) atoms. The van der Waals surface area contributed by atoms with E-state index in [9.17, 15) is 0 Å². The van der Waals surface area contributed by atoms with E-state index in [2.05, 4.69) is 24.3 Å². The number of hydrogen-bond acceptors (Lipinski definition) is 5. The first kappa shape index (κ1) is 19.3. The van der Waals surface area contributed by atoms with Crippen LogP contribution in [0.1, 0.15) is 41.0 Å². The Morgan fingerprint density at radius 1 is 1.16 bits per heavy atom. The van der Waals surface area contributed by atoms with Crippen molar-refractivity contribution in [2.24, 2.45) is 0 Å². The Kier molecular flexibility index (Phi) is 6.45. The van der Waals surface area contributed by atoms with Gasteiger partial charge in [-0.15, -0.1) is 0 Å². The molecule has 0 aliphatic heterocycles. The minimum Gasteiger partial charge on any atom is -0.493 e. The van der Waals surface area contributed by atoms with E-state index in [0.717, 1.165) is 35.0 Å². The van der Waals surface area contributed by atoms with Crippen LogP contribution in [0.15, 0.2) is 12.1 Å². The smallest absolute Gasteiger partial charge is 0.161 e. The van der Waals surface area contributed by atoms with Crippen molar-refractivity contribution in [1.82, 2.24) is 15.1 Å². The third-order valence-corrected chi connectivity index (χ3v) is 4.67. The lowest BCUT2D eigenvalue weighted by Crippen LogP contribution is -2.20. The van der Waals surface area contributed by atoms with Crippen LogP contribution in [0.5, 0.6) is 11.5 Å². The lowest BCUT2D eigenvalue weighted by molar-refractivity contribution is 0.267. The van der Waals surface area contributed by atoms with Crippen molar-refractivity contribution in [1.29, 1.82) is 0 Å². The maximum absolute atomic E-state index is 9.14. The second kappa shape index (κ2) is 8.36. The molecule has 1 heterocycles. The number of aliphatic hydroxyl groups excluding tert-OH is 1. The van der Waals surface area contributed by atoms with E-state index in [1.165, 1.54) is 11.1 Å². The van der Waals surface area contributed by atoms with Gasteiger partial charge >= 0.3 is 0 Å². The molecular weight excluding hydrogens is 318 g/mol. The maximum atomic E-state index is 9.14. The topological polar surface area (TPSA) is 68.5 Å². The third-order valence-electron chi connectivity index (χ3n) is 4.67. The molecule has 0 saturated heterocycles. The highest BCUT2D eigenvalue weighted by atomic mass is 16.5. The fourth-order valence-corrected chi connectivity index (χ4v) is 3.13. The number of nitrogens with one attached hydrogen (secondary N) is 1. The minimum atomic E-state index is 0.0933. The number of ether oxygens (including phenoxy) is 2. The molecule has 1 unspecified atom stereocenters. The molecule has 0 spiro atoms. The van der Waals surface area contributed by atoms with E-state index in [0.29, 0.717) is 6.54 Å². The number of hydrogen-bond donors (Lipinski definition) is 2. The van der Waals surface area contributed by atoms with E-state index < -0.39 is 0 Å². The summed E-state index contributed by atoms with van der Waals surface area (Å²) < 4.78 is 12.6. The van der Waals surface area contributed by atoms with Crippen LogP contribution in [0, 0.1) is 20.8 Å². The summed E-state index contributed by atoms with van der Waals surface area (Å²) in [7, 11) is 3.30. The summed E-state index contributed by atoms with van der Waals surface area (Å²) in [5.41, 5.74) is 5.60. The Balaban J connectivity index is 2.17. The molecule has 0 aliphatic carbocycles. The molecule has 6 heteroatoms. The second-order valence-corrected chi connectivity index (χ2v) is 6.26. The van der Waals surface area contributed by atoms with Gasteiger partial charge in [0.25, 0.3) is 0 Å². The zero-order valence-electron chi connectivity index (χ0n) is 16.0. The zero-order valence-corrected chi connectivity index (χ0v) is 16.0. The highest BCUT2D eigenvalue weighted by molar-refractivity contribution is 5.48. The van der Waals surface area contributed by atoms with Gasteiger partial charge in [-0.1, -0.05) is 0 Å². The van der Waals surface area contributed by atoms with Crippen LogP contribution in [0.4, 0.5) is 0 Å². The first-order valence-corrected chi connectivity index (χ1v) is 8.52. The molecule has 0 amide bonds. The molecule has 2 rings (SSSR count). The average Bonchev–Trinajstić information content (AvgIpc) is 2.86. The van der Waals surface area contributed by atoms with Crippen LogP contribution in [0.3, 0.4) is 0 Å². The summed E-state index contributed by atoms with van der Waals surface area (Å²) >= 11 is 0. The van der Waals surface area contributed by atoms with Gasteiger partial charge in [0.15, 0.2) is 11.5 Å². The van der Waals surface area contributed by atoms with Gasteiger partial charge in [-0.2, -0.15) is 5.10 Å². The molecule has 0 saturated carbocycles. The van der Waals surface area contributed by atoms with Gasteiger partial charge in [0.05, 0.1) is 33.1 Å². The SMILES string of the molecule is COc1cc(C)c(C(C)NCc2c(C)nn(CCO)c2C)cc1OC. The number of benzene rings is 1. The Hall–Kier alpha value is -2.05. The summed E-state index contributed by atoms with van der Waals surface area (Å²) in [6.45, 7) is 9.59. The lowest BCUT2D eigenvalue weighted by Gasteiger charge is -2.19. The number of aromatic nitrogens is 2. The van der Waals surface area contributed by atoms with E-state index in [4.69, 9.17) is 14.6 Å². The van der Waals surface area contributed by atoms with E-state index in [1.54, 1.807) is 14.2 Å².